The number of nitrogens with zero attached hydrogens (tertiary/aromatic N) is 4. The van der Waals surface area contributed by atoms with Gasteiger partial charge < -0.3 is 10.2 Å². The lowest BCUT2D eigenvalue weighted by molar-refractivity contribution is 0.139. The van der Waals surface area contributed by atoms with Gasteiger partial charge in [0.15, 0.2) is 5.65 Å². The van der Waals surface area contributed by atoms with Crippen LogP contribution in [0.15, 0.2) is 11.0 Å². The Morgan fingerprint density at radius 1 is 1.22 bits per heavy atom. The molecule has 2 atom stereocenters. The first-order chi connectivity index (χ1) is 12.7. The van der Waals surface area contributed by atoms with Crippen molar-refractivity contribution in [3.63, 3.8) is 0 Å². The van der Waals surface area contributed by atoms with Gasteiger partial charge in [-0.15, -0.1) is 0 Å². The normalized spacial score (nSPS) is 21.7. The fourth-order valence-electron chi connectivity index (χ4n) is 4.13. The third-order valence-electron chi connectivity index (χ3n) is 5.21. The van der Waals surface area contributed by atoms with Crippen LogP contribution in [0.2, 0.25) is 0 Å². The average molecular weight is 375 g/mol. The maximum Gasteiger partial charge on any atom is 0.263 e. The molecule has 27 heavy (non-hydrogen) atoms. The van der Waals surface area contributed by atoms with Crippen molar-refractivity contribution in [3.05, 3.63) is 16.6 Å². The van der Waals surface area contributed by atoms with Crippen molar-refractivity contribution in [2.75, 3.05) is 31.5 Å². The number of piperidine rings is 1. The Kier molecular flexibility index (Phi) is 5.89. The highest BCUT2D eigenvalue weighted by Gasteiger charge is 2.21. The van der Waals surface area contributed by atoms with E-state index in [0.717, 1.165) is 37.8 Å². The van der Waals surface area contributed by atoms with E-state index in [0.29, 0.717) is 17.0 Å². The van der Waals surface area contributed by atoms with E-state index in [1.807, 2.05) is 0 Å². The molecule has 1 saturated heterocycles. The molecule has 0 spiro atoms. The van der Waals surface area contributed by atoms with Crippen molar-refractivity contribution in [3.8, 4) is 0 Å². The second-order valence-corrected chi connectivity index (χ2v) is 9.22. The van der Waals surface area contributed by atoms with Crippen LogP contribution in [0.1, 0.15) is 53.9 Å². The molecule has 2 unspecified atom stereocenters. The van der Waals surface area contributed by atoms with Crippen LogP contribution in [0.25, 0.3) is 11.0 Å². The number of unbranched alkanes of at least 4 members (excludes halogenated alkanes) is 1. The summed E-state index contributed by atoms with van der Waals surface area (Å²) in [6.45, 7) is 15.3. The second-order valence-electron chi connectivity index (χ2n) is 9.22. The summed E-state index contributed by atoms with van der Waals surface area (Å²) in [5.74, 6) is 2.14. The van der Waals surface area contributed by atoms with E-state index in [1.165, 1.54) is 19.5 Å². The molecule has 2 aromatic rings. The van der Waals surface area contributed by atoms with E-state index >= 15 is 0 Å². The van der Waals surface area contributed by atoms with Crippen LogP contribution < -0.4 is 10.9 Å². The van der Waals surface area contributed by atoms with E-state index in [4.69, 9.17) is 0 Å². The first-order valence-electron chi connectivity index (χ1n) is 10.2. The second kappa shape index (κ2) is 8.00. The molecule has 0 aromatic carbocycles. The molecule has 0 aliphatic carbocycles. The molecule has 1 fully saturated rings. The van der Waals surface area contributed by atoms with Gasteiger partial charge in [-0.05, 0) is 58.4 Å². The molecule has 1 aliphatic heterocycles. The minimum absolute atomic E-state index is 0.144. The van der Waals surface area contributed by atoms with E-state index in [-0.39, 0.29) is 11.1 Å². The Bertz CT molecular complexity index is 808. The van der Waals surface area contributed by atoms with Crippen LogP contribution in [-0.2, 0) is 5.54 Å². The number of nitrogens with one attached hydrogen (secondary N) is 2. The van der Waals surface area contributed by atoms with Gasteiger partial charge in [0.25, 0.3) is 5.56 Å². The largest absolute Gasteiger partial charge is 0.356 e. The third-order valence-corrected chi connectivity index (χ3v) is 5.21. The maximum atomic E-state index is 12.3. The van der Waals surface area contributed by atoms with Crippen LogP contribution >= 0.6 is 0 Å². The molecular formula is C20H34N6O. The predicted molar refractivity (Wildman–Crippen MR) is 110 cm³/mol. The van der Waals surface area contributed by atoms with Crippen molar-refractivity contribution in [2.24, 2.45) is 11.8 Å². The highest BCUT2D eigenvalue weighted by molar-refractivity contribution is 5.74. The molecule has 0 radical (unpaired) electrons. The lowest BCUT2D eigenvalue weighted by Gasteiger charge is -2.34. The molecule has 7 heteroatoms. The summed E-state index contributed by atoms with van der Waals surface area (Å²) in [4.78, 5) is 22.3. The van der Waals surface area contributed by atoms with Crippen molar-refractivity contribution in [1.82, 2.24) is 24.6 Å². The molecule has 0 amide bonds. The van der Waals surface area contributed by atoms with Gasteiger partial charge >= 0.3 is 0 Å². The fraction of sp³-hybridized carbons (Fsp3) is 0.750. The summed E-state index contributed by atoms with van der Waals surface area (Å²) in [7, 11) is 0. The molecule has 0 bridgehead atoms. The lowest BCUT2D eigenvalue weighted by Crippen LogP contribution is -2.39. The van der Waals surface area contributed by atoms with Gasteiger partial charge in [0, 0.05) is 19.6 Å². The van der Waals surface area contributed by atoms with Crippen molar-refractivity contribution < 1.29 is 0 Å². The zero-order valence-corrected chi connectivity index (χ0v) is 17.4. The van der Waals surface area contributed by atoms with E-state index in [1.54, 1.807) is 10.9 Å². The highest BCUT2D eigenvalue weighted by atomic mass is 16.1. The minimum Gasteiger partial charge on any atom is -0.356 e. The summed E-state index contributed by atoms with van der Waals surface area (Å²) in [6, 6.07) is 0. The Hall–Kier alpha value is -1.89. The van der Waals surface area contributed by atoms with Gasteiger partial charge in [-0.3, -0.25) is 9.78 Å². The van der Waals surface area contributed by atoms with E-state index in [2.05, 4.69) is 59.9 Å². The topological polar surface area (TPSA) is 78.8 Å². The summed E-state index contributed by atoms with van der Waals surface area (Å²) in [6.07, 6.45) is 5.15. The molecule has 1 aliphatic rings. The standard InChI is InChI=1S/C20H34N6O/c1-14-10-15(2)13-25(12-14)9-7-6-8-21-19-23-17-16(18(27)24-19)11-22-26(17)20(3,4)5/h11,14-15H,6-10,12-13H2,1-5H3,(H2,21,23,24,27). The number of anilines is 1. The third kappa shape index (κ3) is 4.89. The number of hydrogen-bond donors (Lipinski definition) is 2. The summed E-state index contributed by atoms with van der Waals surface area (Å²) >= 11 is 0. The quantitative estimate of drug-likeness (QED) is 0.760. The van der Waals surface area contributed by atoms with Crippen LogP contribution in [0, 0.1) is 11.8 Å². The van der Waals surface area contributed by atoms with E-state index in [9.17, 15) is 4.79 Å². The number of fused-ring (bicyclic) bond motifs is 1. The van der Waals surface area contributed by atoms with Gasteiger partial charge in [-0.1, -0.05) is 13.8 Å². The minimum atomic E-state index is -0.220. The van der Waals surface area contributed by atoms with Crippen molar-refractivity contribution in [2.45, 2.75) is 59.4 Å². The molecule has 7 nitrogen and oxygen atoms in total. The first-order valence-corrected chi connectivity index (χ1v) is 10.2. The van der Waals surface area contributed by atoms with Crippen molar-refractivity contribution >= 4 is 17.0 Å². The Morgan fingerprint density at radius 2 is 1.93 bits per heavy atom. The number of rotatable bonds is 6. The first kappa shape index (κ1) is 19.9. The predicted octanol–water partition coefficient (Wildman–Crippen LogP) is 3.04. The monoisotopic (exact) mass is 374 g/mol. The zero-order valence-electron chi connectivity index (χ0n) is 17.4. The molecular weight excluding hydrogens is 340 g/mol. The fourth-order valence-corrected chi connectivity index (χ4v) is 4.13. The number of H-pyrrole nitrogens is 1. The smallest absolute Gasteiger partial charge is 0.263 e. The number of aromatic amines is 1. The number of hydrogen-bond acceptors (Lipinski definition) is 5. The van der Waals surface area contributed by atoms with Crippen LogP contribution in [0.3, 0.4) is 0 Å². The van der Waals surface area contributed by atoms with Gasteiger partial charge in [0.1, 0.15) is 5.39 Å². The molecule has 2 N–H and O–H groups in total. The Labute approximate surface area is 161 Å². The SMILES string of the molecule is CC1CC(C)CN(CCCCNc2nc3c(cnn3C(C)(C)C)c(=O)[nH]2)C1. The molecule has 0 saturated carbocycles. The molecule has 3 heterocycles. The highest BCUT2D eigenvalue weighted by Crippen LogP contribution is 2.21. The maximum absolute atomic E-state index is 12.3. The Morgan fingerprint density at radius 3 is 2.59 bits per heavy atom. The Balaban J connectivity index is 1.54. The zero-order chi connectivity index (χ0) is 19.6. The van der Waals surface area contributed by atoms with Crippen LogP contribution in [-0.4, -0.2) is 50.8 Å². The van der Waals surface area contributed by atoms with Gasteiger partial charge in [0.05, 0.1) is 11.7 Å². The van der Waals surface area contributed by atoms with Crippen LogP contribution in [0.4, 0.5) is 5.95 Å². The molecule has 150 valence electrons. The van der Waals surface area contributed by atoms with Crippen LogP contribution in [0.5, 0.6) is 0 Å². The summed E-state index contributed by atoms with van der Waals surface area (Å²) in [5.41, 5.74) is 0.266. The van der Waals surface area contributed by atoms with Crippen molar-refractivity contribution in [1.29, 1.82) is 0 Å². The van der Waals surface area contributed by atoms with Gasteiger partial charge in [-0.25, -0.2) is 4.68 Å². The average Bonchev–Trinajstić information content (AvgIpc) is 2.98. The summed E-state index contributed by atoms with van der Waals surface area (Å²) in [5, 5.41) is 8.15. The van der Waals surface area contributed by atoms with E-state index < -0.39 is 0 Å². The lowest BCUT2D eigenvalue weighted by atomic mass is 9.92. The summed E-state index contributed by atoms with van der Waals surface area (Å²) < 4.78 is 1.81. The molecule has 2 aromatic heterocycles. The van der Waals surface area contributed by atoms with Gasteiger partial charge in [0.2, 0.25) is 5.95 Å². The molecule has 3 rings (SSSR count). The number of aromatic nitrogens is 4. The number of likely N-dealkylation sites (tertiary alicyclic amines) is 1. The van der Waals surface area contributed by atoms with Gasteiger partial charge in [-0.2, -0.15) is 10.1 Å².